The first-order valence-corrected chi connectivity index (χ1v) is 11.3. The molecule has 1 saturated heterocycles. The van der Waals surface area contributed by atoms with Gasteiger partial charge in [0.15, 0.2) is 17.2 Å². The van der Waals surface area contributed by atoms with Crippen molar-refractivity contribution in [1.82, 2.24) is 4.90 Å². The van der Waals surface area contributed by atoms with E-state index in [4.69, 9.17) is 10.5 Å². The van der Waals surface area contributed by atoms with Gasteiger partial charge in [-0.05, 0) is 58.8 Å². The highest BCUT2D eigenvalue weighted by atomic mass is 127. The van der Waals surface area contributed by atoms with Crippen molar-refractivity contribution in [2.75, 3.05) is 18.4 Å². The van der Waals surface area contributed by atoms with Crippen LogP contribution in [-0.4, -0.2) is 47.7 Å². The average Bonchev–Trinajstić information content (AvgIpc) is 2.73. The van der Waals surface area contributed by atoms with Crippen LogP contribution in [0.25, 0.3) is 0 Å². The Labute approximate surface area is 209 Å². The van der Waals surface area contributed by atoms with Crippen molar-refractivity contribution in [3.8, 4) is 0 Å². The van der Waals surface area contributed by atoms with Gasteiger partial charge in [-0.25, -0.2) is 18.0 Å². The van der Waals surface area contributed by atoms with E-state index in [0.29, 0.717) is 9.64 Å². The molecule has 0 saturated carbocycles. The fourth-order valence-corrected chi connectivity index (χ4v) is 4.14. The van der Waals surface area contributed by atoms with Gasteiger partial charge in [-0.3, -0.25) is 4.79 Å². The van der Waals surface area contributed by atoms with Crippen LogP contribution in [0, 0.1) is 26.9 Å². The molecule has 0 spiro atoms. The van der Waals surface area contributed by atoms with Crippen LogP contribution >= 0.6 is 22.6 Å². The van der Waals surface area contributed by atoms with Crippen LogP contribution < -0.4 is 11.1 Å². The second-order valence-corrected chi connectivity index (χ2v) is 9.66. The molecule has 1 amide bonds. The Morgan fingerprint density at radius 3 is 2.29 bits per heavy atom. The summed E-state index contributed by atoms with van der Waals surface area (Å²) in [4.78, 5) is 25.6. The number of ether oxygens (including phenoxy) is 1. The minimum Gasteiger partial charge on any atom is -0.447 e. The minimum atomic E-state index is -5.27. The Morgan fingerprint density at radius 1 is 1.11 bits per heavy atom. The molecule has 1 atom stereocenters. The molecule has 6 nitrogen and oxygen atoms in total. The number of carbonyl (C=O) groups is 2. The number of nitrogens with one attached hydrogen (secondary N) is 1. The summed E-state index contributed by atoms with van der Waals surface area (Å²) in [7, 11) is 0. The summed E-state index contributed by atoms with van der Waals surface area (Å²) in [6.45, 7) is 2.18. The summed E-state index contributed by atoms with van der Waals surface area (Å²) < 4.78 is 86.5. The van der Waals surface area contributed by atoms with Crippen LogP contribution in [0.1, 0.15) is 24.2 Å². The lowest BCUT2D eigenvalue weighted by Crippen LogP contribution is -2.74. The molecular weight excluding hydrogens is 595 g/mol. The van der Waals surface area contributed by atoms with E-state index in [1.807, 2.05) is 22.6 Å². The van der Waals surface area contributed by atoms with Crippen LogP contribution in [0.5, 0.6) is 0 Å². The highest BCUT2D eigenvalue weighted by Crippen LogP contribution is 2.37. The van der Waals surface area contributed by atoms with Gasteiger partial charge in [0.2, 0.25) is 0 Å². The molecule has 2 aromatic rings. The number of alkyl halides is 3. The Balaban J connectivity index is 1.91. The van der Waals surface area contributed by atoms with Gasteiger partial charge in [-0.2, -0.15) is 13.2 Å². The van der Waals surface area contributed by atoms with Gasteiger partial charge in [-0.15, -0.1) is 0 Å². The second-order valence-electron chi connectivity index (χ2n) is 8.42. The largest absolute Gasteiger partial charge is 0.490 e. The van der Waals surface area contributed by atoms with E-state index < -0.39 is 77.4 Å². The fourth-order valence-electron chi connectivity index (χ4n) is 3.68. The number of carbonyl (C=O) groups excluding carboxylic acids is 2. The van der Waals surface area contributed by atoms with Gasteiger partial charge in [0.1, 0.15) is 5.82 Å². The van der Waals surface area contributed by atoms with E-state index in [0.717, 1.165) is 17.0 Å². The second kappa shape index (κ2) is 9.84. The molecule has 2 aromatic carbocycles. The molecule has 1 unspecified atom stereocenters. The van der Waals surface area contributed by atoms with Crippen molar-refractivity contribution in [1.29, 1.82) is 0 Å². The van der Waals surface area contributed by atoms with E-state index in [9.17, 15) is 35.9 Å². The van der Waals surface area contributed by atoms with E-state index in [1.165, 1.54) is 12.1 Å². The highest BCUT2D eigenvalue weighted by molar-refractivity contribution is 14.1. The number of anilines is 2. The van der Waals surface area contributed by atoms with Crippen molar-refractivity contribution >= 4 is 45.8 Å². The van der Waals surface area contributed by atoms with Crippen LogP contribution in [0.4, 0.5) is 37.7 Å². The number of nitrogens with zero attached hydrogens (tertiary/aromatic N) is 1. The lowest BCUT2D eigenvalue weighted by atomic mass is 9.80. The number of hydrogen-bond donors (Lipinski definition) is 2. The molecule has 0 aromatic heterocycles. The molecule has 1 aliphatic heterocycles. The number of nitrogens with two attached hydrogens (primary N) is 1. The van der Waals surface area contributed by atoms with Gasteiger partial charge in [-0.1, -0.05) is 13.8 Å². The highest BCUT2D eigenvalue weighted by Gasteiger charge is 2.57. The van der Waals surface area contributed by atoms with Crippen molar-refractivity contribution in [3.63, 3.8) is 0 Å². The third-order valence-electron chi connectivity index (χ3n) is 5.57. The lowest BCUT2D eigenvalue weighted by Gasteiger charge is -2.52. The fraction of sp³-hybridized carbons (Fsp3) is 0.364. The van der Waals surface area contributed by atoms with Gasteiger partial charge >= 0.3 is 12.1 Å². The average molecular weight is 615 g/mol. The molecule has 0 bridgehead atoms. The number of esters is 1. The third-order valence-corrected chi connectivity index (χ3v) is 6.24. The quantitative estimate of drug-likeness (QED) is 0.279. The summed E-state index contributed by atoms with van der Waals surface area (Å²) >= 11 is 1.85. The maximum atomic E-state index is 14.6. The molecule has 3 N–H and O–H groups in total. The number of likely N-dealkylation sites (tertiary alicyclic amines) is 1. The summed E-state index contributed by atoms with van der Waals surface area (Å²) in [6.07, 6.45) is -5.27. The monoisotopic (exact) mass is 615 g/mol. The number of amides is 1. The maximum absolute atomic E-state index is 14.6. The van der Waals surface area contributed by atoms with Gasteiger partial charge in [0.05, 0.1) is 36.1 Å². The molecule has 1 heterocycles. The number of hydrogen-bond acceptors (Lipinski definition) is 5. The lowest BCUT2D eigenvalue weighted by molar-refractivity contribution is -0.229. The van der Waals surface area contributed by atoms with E-state index in [-0.39, 0.29) is 5.69 Å². The van der Waals surface area contributed by atoms with Crippen molar-refractivity contribution in [2.24, 2.45) is 11.7 Å². The Morgan fingerprint density at radius 2 is 1.74 bits per heavy atom. The molecular formula is C22H20F6IN3O3. The maximum Gasteiger partial charge on any atom is 0.490 e. The van der Waals surface area contributed by atoms with E-state index in [1.54, 1.807) is 13.8 Å². The van der Waals surface area contributed by atoms with Crippen molar-refractivity contribution in [3.05, 3.63) is 56.9 Å². The Hall–Kier alpha value is -2.55. The smallest absolute Gasteiger partial charge is 0.447 e. The number of benzene rings is 2. The molecule has 0 aliphatic carbocycles. The topological polar surface area (TPSA) is 84.7 Å². The molecule has 1 aliphatic rings. The zero-order valence-electron chi connectivity index (χ0n) is 18.4. The Kier molecular flexibility index (Phi) is 7.60. The van der Waals surface area contributed by atoms with E-state index >= 15 is 0 Å². The van der Waals surface area contributed by atoms with Crippen molar-refractivity contribution in [2.45, 2.75) is 31.7 Å². The van der Waals surface area contributed by atoms with Gasteiger partial charge in [0, 0.05) is 3.57 Å². The minimum absolute atomic E-state index is 0.233. The molecule has 35 heavy (non-hydrogen) atoms. The summed E-state index contributed by atoms with van der Waals surface area (Å²) in [5, 5.41) is 2.38. The predicted molar refractivity (Wildman–Crippen MR) is 122 cm³/mol. The first kappa shape index (κ1) is 27.0. The van der Waals surface area contributed by atoms with E-state index in [2.05, 4.69) is 5.32 Å². The molecule has 3 rings (SSSR count). The molecule has 190 valence electrons. The standard InChI is InChI=1S/C22H20F6IN3O3/c1-10(2)18(30)21(35-20(34)22(26,27)28)8-32(9-21)19(33)12-4-5-13(23)16(25)17(12)31-15-6-3-11(29)7-14(15)24/h3-7,10,18,31H,8-9,30H2,1-2H3. The normalized spacial score (nSPS) is 16.0. The van der Waals surface area contributed by atoms with Crippen LogP contribution in [-0.2, 0) is 9.53 Å². The SMILES string of the molecule is CC(C)C(N)C1(OC(=O)C(F)(F)F)CN(C(=O)c2ccc(F)c(F)c2Nc2ccc(I)cc2F)C1. The first-order chi connectivity index (χ1) is 16.2. The van der Waals surface area contributed by atoms with Crippen LogP contribution in [0.15, 0.2) is 30.3 Å². The summed E-state index contributed by atoms with van der Waals surface area (Å²) in [5.41, 5.74) is 2.88. The first-order valence-electron chi connectivity index (χ1n) is 10.2. The zero-order valence-corrected chi connectivity index (χ0v) is 20.5. The van der Waals surface area contributed by atoms with Gasteiger partial charge in [0.25, 0.3) is 5.91 Å². The molecule has 13 heteroatoms. The van der Waals surface area contributed by atoms with Gasteiger partial charge < -0.3 is 20.7 Å². The van der Waals surface area contributed by atoms with Crippen LogP contribution in [0.2, 0.25) is 0 Å². The molecule has 1 fully saturated rings. The molecule has 0 radical (unpaired) electrons. The summed E-state index contributed by atoms with van der Waals surface area (Å²) in [6, 6.07) is 4.49. The summed E-state index contributed by atoms with van der Waals surface area (Å²) in [5.74, 6) is -7.34. The predicted octanol–water partition coefficient (Wildman–Crippen LogP) is 4.74. The van der Waals surface area contributed by atoms with Crippen molar-refractivity contribution < 1.29 is 40.7 Å². The number of rotatable bonds is 6. The number of halogens is 7. The zero-order chi connectivity index (χ0) is 26.3. The third kappa shape index (κ3) is 5.50. The Bertz CT molecular complexity index is 1150. The van der Waals surface area contributed by atoms with Crippen LogP contribution in [0.3, 0.4) is 0 Å².